The van der Waals surface area contributed by atoms with E-state index in [9.17, 15) is 4.79 Å². The topological polar surface area (TPSA) is 29.1 Å². The molecule has 0 spiro atoms. The highest BCUT2D eigenvalue weighted by Crippen LogP contribution is 2.20. The number of hydrogen-bond donors (Lipinski definition) is 1. The smallest absolute Gasteiger partial charge is 0.253 e. The van der Waals surface area contributed by atoms with E-state index in [2.05, 4.69) is 27.8 Å². The highest BCUT2D eigenvalue weighted by Gasteiger charge is 2.10. The van der Waals surface area contributed by atoms with Crippen LogP contribution in [0.2, 0.25) is 10.0 Å². The minimum absolute atomic E-state index is 0.275. The molecule has 80 valence electrons. The number of carbonyl (C=O) groups excluding carboxylic acids is 1. The molecule has 0 heterocycles. The van der Waals surface area contributed by atoms with Gasteiger partial charge in [0, 0.05) is 16.0 Å². The van der Waals surface area contributed by atoms with Crippen LogP contribution in [0.4, 0.5) is 0 Å². The lowest BCUT2D eigenvalue weighted by atomic mass is 10.2. The third-order valence-electron chi connectivity index (χ3n) is 1.61. The minimum atomic E-state index is -0.275. The molecular weight excluding hydrogens is 301 g/mol. The molecule has 1 amide bonds. The largest absolute Gasteiger partial charge is 0.347 e. The molecule has 2 nitrogen and oxygen atoms in total. The van der Waals surface area contributed by atoms with Gasteiger partial charge in [-0.25, -0.2) is 0 Å². The second kappa shape index (κ2) is 5.54. The van der Waals surface area contributed by atoms with E-state index in [0.29, 0.717) is 26.6 Å². The van der Waals surface area contributed by atoms with Crippen molar-refractivity contribution in [1.82, 2.24) is 5.32 Å². The summed E-state index contributed by atoms with van der Waals surface area (Å²) in [5.41, 5.74) is 0.359. The standard InChI is InChI=1S/C10H8BrCl2NO/c1-6(11)5-14-10(15)8-4-7(12)2-3-9(8)13/h2-4H,1,5H2,(H,14,15). The number of halogens is 3. The second-order valence-corrected chi connectivity index (χ2v) is 4.79. The molecule has 0 fully saturated rings. The first-order valence-corrected chi connectivity index (χ1v) is 5.62. The molecule has 0 atom stereocenters. The van der Waals surface area contributed by atoms with E-state index in [1.165, 1.54) is 6.07 Å². The maximum absolute atomic E-state index is 11.6. The summed E-state index contributed by atoms with van der Waals surface area (Å²) in [7, 11) is 0. The first-order valence-electron chi connectivity index (χ1n) is 4.07. The van der Waals surface area contributed by atoms with Gasteiger partial charge < -0.3 is 5.32 Å². The van der Waals surface area contributed by atoms with E-state index >= 15 is 0 Å². The average molecular weight is 309 g/mol. The van der Waals surface area contributed by atoms with Gasteiger partial charge in [-0.3, -0.25) is 4.79 Å². The fourth-order valence-corrected chi connectivity index (χ4v) is 1.46. The summed E-state index contributed by atoms with van der Waals surface area (Å²) in [6.45, 7) is 3.95. The summed E-state index contributed by atoms with van der Waals surface area (Å²) < 4.78 is 0.689. The Balaban J connectivity index is 2.81. The van der Waals surface area contributed by atoms with Crippen LogP contribution in [0.3, 0.4) is 0 Å². The van der Waals surface area contributed by atoms with Crippen molar-refractivity contribution in [1.29, 1.82) is 0 Å². The lowest BCUT2D eigenvalue weighted by Gasteiger charge is -2.06. The first-order chi connectivity index (χ1) is 7.00. The predicted molar refractivity (Wildman–Crippen MR) is 66.9 cm³/mol. The molecule has 0 unspecified atom stereocenters. The van der Waals surface area contributed by atoms with Crippen LogP contribution in [0.1, 0.15) is 10.4 Å². The quantitative estimate of drug-likeness (QED) is 0.907. The van der Waals surface area contributed by atoms with Crippen LogP contribution >= 0.6 is 39.1 Å². The van der Waals surface area contributed by atoms with Gasteiger partial charge in [0.05, 0.1) is 10.6 Å². The number of amides is 1. The number of hydrogen-bond acceptors (Lipinski definition) is 1. The highest BCUT2D eigenvalue weighted by molar-refractivity contribution is 9.11. The second-order valence-electron chi connectivity index (χ2n) is 2.82. The van der Waals surface area contributed by atoms with Crippen molar-refractivity contribution in [2.45, 2.75) is 0 Å². The SMILES string of the molecule is C=C(Br)CNC(=O)c1cc(Cl)ccc1Cl. The molecule has 15 heavy (non-hydrogen) atoms. The average Bonchev–Trinajstić information content (AvgIpc) is 2.18. The van der Waals surface area contributed by atoms with E-state index in [0.717, 1.165) is 0 Å². The zero-order chi connectivity index (χ0) is 11.4. The number of carbonyl (C=O) groups is 1. The Morgan fingerprint density at radius 2 is 2.13 bits per heavy atom. The highest BCUT2D eigenvalue weighted by atomic mass is 79.9. The lowest BCUT2D eigenvalue weighted by Crippen LogP contribution is -2.24. The van der Waals surface area contributed by atoms with E-state index in [4.69, 9.17) is 23.2 Å². The van der Waals surface area contributed by atoms with Gasteiger partial charge in [-0.1, -0.05) is 45.7 Å². The maximum Gasteiger partial charge on any atom is 0.253 e. The van der Waals surface area contributed by atoms with Crippen LogP contribution in [0.15, 0.2) is 29.3 Å². The molecular formula is C10H8BrCl2NO. The molecule has 0 aromatic heterocycles. The van der Waals surface area contributed by atoms with E-state index in [1.54, 1.807) is 12.1 Å². The molecule has 0 aliphatic heterocycles. The van der Waals surface area contributed by atoms with Crippen molar-refractivity contribution in [2.24, 2.45) is 0 Å². The molecule has 1 aromatic rings. The summed E-state index contributed by atoms with van der Waals surface area (Å²) in [4.78, 5) is 11.6. The third kappa shape index (κ3) is 3.86. The fraction of sp³-hybridized carbons (Fsp3) is 0.100. The first kappa shape index (κ1) is 12.6. The number of benzene rings is 1. The minimum Gasteiger partial charge on any atom is -0.347 e. The molecule has 5 heteroatoms. The van der Waals surface area contributed by atoms with Crippen molar-refractivity contribution < 1.29 is 4.79 Å². The van der Waals surface area contributed by atoms with E-state index in [1.807, 2.05) is 0 Å². The zero-order valence-corrected chi connectivity index (χ0v) is 10.8. The fourth-order valence-electron chi connectivity index (χ4n) is 0.943. The number of rotatable bonds is 3. The molecule has 0 aliphatic carbocycles. The van der Waals surface area contributed by atoms with Crippen molar-refractivity contribution in [3.05, 3.63) is 44.9 Å². The Morgan fingerprint density at radius 3 is 2.73 bits per heavy atom. The van der Waals surface area contributed by atoms with Crippen LogP contribution < -0.4 is 5.32 Å². The van der Waals surface area contributed by atoms with Crippen LogP contribution in [0, 0.1) is 0 Å². The molecule has 0 saturated heterocycles. The summed E-state index contributed by atoms with van der Waals surface area (Å²) in [6, 6.07) is 4.74. The molecule has 1 rings (SSSR count). The Morgan fingerprint density at radius 1 is 1.47 bits per heavy atom. The third-order valence-corrected chi connectivity index (χ3v) is 2.46. The van der Waals surface area contributed by atoms with Crippen LogP contribution in [-0.2, 0) is 0 Å². The van der Waals surface area contributed by atoms with Gasteiger partial charge in [-0.05, 0) is 18.2 Å². The van der Waals surface area contributed by atoms with Gasteiger partial charge in [-0.15, -0.1) is 0 Å². The van der Waals surface area contributed by atoms with Gasteiger partial charge in [0.15, 0.2) is 0 Å². The molecule has 1 N–H and O–H groups in total. The predicted octanol–water partition coefficient (Wildman–Crippen LogP) is 3.63. The molecule has 0 saturated carbocycles. The van der Waals surface area contributed by atoms with Crippen LogP contribution in [-0.4, -0.2) is 12.5 Å². The van der Waals surface area contributed by atoms with Gasteiger partial charge in [0.2, 0.25) is 0 Å². The van der Waals surface area contributed by atoms with Crippen LogP contribution in [0.5, 0.6) is 0 Å². The molecule has 0 bridgehead atoms. The van der Waals surface area contributed by atoms with Crippen molar-refractivity contribution >= 4 is 45.0 Å². The normalized spacial score (nSPS) is 9.80. The molecule has 0 aliphatic rings. The summed E-state index contributed by atoms with van der Waals surface area (Å²) in [5.74, 6) is -0.275. The van der Waals surface area contributed by atoms with Gasteiger partial charge >= 0.3 is 0 Å². The maximum atomic E-state index is 11.6. The van der Waals surface area contributed by atoms with E-state index < -0.39 is 0 Å². The lowest BCUT2D eigenvalue weighted by molar-refractivity contribution is 0.0958. The Hall–Kier alpha value is -0.510. The van der Waals surface area contributed by atoms with Gasteiger partial charge in [0.25, 0.3) is 5.91 Å². The molecule has 0 radical (unpaired) electrons. The van der Waals surface area contributed by atoms with Gasteiger partial charge in [-0.2, -0.15) is 0 Å². The van der Waals surface area contributed by atoms with Crippen molar-refractivity contribution in [3.63, 3.8) is 0 Å². The van der Waals surface area contributed by atoms with Crippen LogP contribution in [0.25, 0.3) is 0 Å². The van der Waals surface area contributed by atoms with Crippen molar-refractivity contribution in [2.75, 3.05) is 6.54 Å². The monoisotopic (exact) mass is 307 g/mol. The van der Waals surface area contributed by atoms with E-state index in [-0.39, 0.29) is 5.91 Å². The van der Waals surface area contributed by atoms with Gasteiger partial charge in [0.1, 0.15) is 0 Å². The number of nitrogens with one attached hydrogen (secondary N) is 1. The Bertz CT molecular complexity index is 406. The molecule has 1 aromatic carbocycles. The zero-order valence-electron chi connectivity index (χ0n) is 7.69. The summed E-state index contributed by atoms with van der Waals surface area (Å²) in [6.07, 6.45) is 0. The summed E-state index contributed by atoms with van der Waals surface area (Å²) in [5, 5.41) is 3.48. The van der Waals surface area contributed by atoms with Crippen molar-refractivity contribution in [3.8, 4) is 0 Å². The Kier molecular flexibility index (Phi) is 4.64. The Labute approximate surface area is 106 Å². The summed E-state index contributed by atoms with van der Waals surface area (Å²) >= 11 is 14.8.